The van der Waals surface area contributed by atoms with Gasteiger partial charge in [0.05, 0.1) is 0 Å². The van der Waals surface area contributed by atoms with Crippen LogP contribution in [0.15, 0.2) is 37.5 Å². The number of carbonyl (C=O) groups is 3. The van der Waals surface area contributed by atoms with Gasteiger partial charge in [0.25, 0.3) is 0 Å². The van der Waals surface area contributed by atoms with Gasteiger partial charge in [-0.1, -0.05) is 19.7 Å². The number of hydrogen-bond donors (Lipinski definition) is 6. The van der Waals surface area contributed by atoms with Crippen molar-refractivity contribution in [3.8, 4) is 0 Å². The van der Waals surface area contributed by atoms with Crippen LogP contribution in [0.5, 0.6) is 0 Å². The molecular weight excluding hydrogens is 324 g/mol. The second kappa shape index (κ2) is 16.9. The molecule has 1 atom stereocenters. The van der Waals surface area contributed by atoms with Crippen LogP contribution in [0.3, 0.4) is 0 Å². The van der Waals surface area contributed by atoms with Crippen molar-refractivity contribution in [1.29, 1.82) is 0 Å². The van der Waals surface area contributed by atoms with Gasteiger partial charge < -0.3 is 30.6 Å². The maximum Gasteiger partial charge on any atom is 0.330 e. The van der Waals surface area contributed by atoms with E-state index >= 15 is 0 Å². The van der Waals surface area contributed by atoms with Crippen molar-refractivity contribution in [1.82, 2.24) is 0 Å². The normalized spacial score (nSPS) is 10.2. The molecule has 0 aliphatic heterocycles. The molecule has 0 aliphatic rings. The quantitative estimate of drug-likeness (QED) is 0.307. The zero-order chi connectivity index (χ0) is 19.7. The highest BCUT2D eigenvalue weighted by Gasteiger charge is 2.22. The minimum atomic E-state index is -1.13. The van der Waals surface area contributed by atoms with E-state index in [9.17, 15) is 14.4 Å². The van der Waals surface area contributed by atoms with Gasteiger partial charge in [0, 0.05) is 43.5 Å². The number of aliphatic carboxylic acids is 3. The molecule has 0 radical (unpaired) electrons. The third-order valence-corrected chi connectivity index (χ3v) is 2.53. The first-order valence-corrected chi connectivity index (χ1v) is 6.55. The first-order valence-electron chi connectivity index (χ1n) is 6.55. The zero-order valence-electron chi connectivity index (χ0n) is 13.2. The molecule has 0 fully saturated rings. The van der Waals surface area contributed by atoms with Crippen LogP contribution in [0, 0.1) is 11.8 Å². The van der Waals surface area contributed by atoms with E-state index in [4.69, 9.17) is 30.6 Å². The second-order valence-corrected chi connectivity index (χ2v) is 4.27. The van der Waals surface area contributed by atoms with Crippen LogP contribution >= 0.6 is 0 Å². The van der Waals surface area contributed by atoms with Crippen molar-refractivity contribution < 1.29 is 45.0 Å². The van der Waals surface area contributed by atoms with Gasteiger partial charge in [-0.05, 0) is 12.3 Å². The number of aliphatic hydroxyl groups is 3. The van der Waals surface area contributed by atoms with Gasteiger partial charge in [0.15, 0.2) is 0 Å². The van der Waals surface area contributed by atoms with Gasteiger partial charge in [-0.3, -0.25) is 0 Å². The summed E-state index contributed by atoms with van der Waals surface area (Å²) < 4.78 is 0. The standard InChI is InChI=1S/C9H16O5.2C3H4O2/c1-6(9(13)14)2-7(3-10)8(4-11)5-12;2*1-2-3(4)5/h7-8,10-12H,1-5H2,(H,13,14);2*2H,1H2,(H,4,5). The van der Waals surface area contributed by atoms with Crippen molar-refractivity contribution in [2.45, 2.75) is 6.42 Å². The Bertz CT molecular complexity index is 407. The van der Waals surface area contributed by atoms with Gasteiger partial charge in [-0.15, -0.1) is 0 Å². The lowest BCUT2D eigenvalue weighted by Gasteiger charge is -2.21. The highest BCUT2D eigenvalue weighted by Crippen LogP contribution is 2.19. The van der Waals surface area contributed by atoms with Crippen LogP contribution in [-0.2, 0) is 14.4 Å². The van der Waals surface area contributed by atoms with Crippen molar-refractivity contribution in [2.75, 3.05) is 19.8 Å². The number of aliphatic hydroxyl groups excluding tert-OH is 3. The molecule has 0 aromatic carbocycles. The summed E-state index contributed by atoms with van der Waals surface area (Å²) in [5, 5.41) is 50.4. The molecule has 6 N–H and O–H groups in total. The largest absolute Gasteiger partial charge is 0.478 e. The van der Waals surface area contributed by atoms with Crippen LogP contribution in [0.1, 0.15) is 6.42 Å². The SMILES string of the molecule is C=C(CC(CO)C(CO)CO)C(=O)O.C=CC(=O)O.C=CC(=O)O. The predicted molar refractivity (Wildman–Crippen MR) is 85.3 cm³/mol. The summed E-state index contributed by atoms with van der Waals surface area (Å²) in [4.78, 5) is 28.9. The second-order valence-electron chi connectivity index (χ2n) is 4.27. The molecule has 0 bridgehead atoms. The molecule has 9 nitrogen and oxygen atoms in total. The first kappa shape index (κ1) is 26.4. The van der Waals surface area contributed by atoms with Crippen LogP contribution in [0.2, 0.25) is 0 Å². The van der Waals surface area contributed by atoms with Crippen LogP contribution in [0.4, 0.5) is 0 Å². The van der Waals surface area contributed by atoms with Crippen LogP contribution in [-0.4, -0.2) is 68.4 Å². The van der Waals surface area contributed by atoms with Crippen molar-refractivity contribution in [3.63, 3.8) is 0 Å². The van der Waals surface area contributed by atoms with Gasteiger partial charge in [-0.2, -0.15) is 0 Å². The zero-order valence-corrected chi connectivity index (χ0v) is 13.2. The van der Waals surface area contributed by atoms with E-state index in [1.54, 1.807) is 0 Å². The Morgan fingerprint density at radius 3 is 1.25 bits per heavy atom. The molecule has 24 heavy (non-hydrogen) atoms. The van der Waals surface area contributed by atoms with Gasteiger partial charge in [-0.25, -0.2) is 14.4 Å². The molecule has 1 unspecified atom stereocenters. The smallest absolute Gasteiger partial charge is 0.330 e. The Morgan fingerprint density at radius 1 is 0.792 bits per heavy atom. The molecule has 0 amide bonds. The fraction of sp³-hybridized carbons (Fsp3) is 0.400. The third-order valence-electron chi connectivity index (χ3n) is 2.53. The maximum absolute atomic E-state index is 10.4. The van der Waals surface area contributed by atoms with Gasteiger partial charge in [0.2, 0.25) is 0 Å². The highest BCUT2D eigenvalue weighted by molar-refractivity contribution is 5.85. The Kier molecular flexibility index (Phi) is 18.6. The fourth-order valence-corrected chi connectivity index (χ4v) is 1.14. The van der Waals surface area contributed by atoms with E-state index in [0.29, 0.717) is 0 Å². The Hall–Kier alpha value is -2.49. The number of rotatable bonds is 9. The molecule has 9 heteroatoms. The molecule has 0 saturated heterocycles. The molecule has 0 heterocycles. The number of carboxylic acid groups (broad SMARTS) is 3. The predicted octanol–water partition coefficient (Wildman–Crippen LogP) is -0.259. The number of carboxylic acids is 3. The summed E-state index contributed by atoms with van der Waals surface area (Å²) in [6.45, 7) is 8.39. The average Bonchev–Trinajstić information content (AvgIpc) is 2.55. The lowest BCUT2D eigenvalue weighted by Crippen LogP contribution is -2.26. The van der Waals surface area contributed by atoms with E-state index in [1.807, 2.05) is 0 Å². The topological polar surface area (TPSA) is 173 Å². The number of hydrogen-bond acceptors (Lipinski definition) is 6. The molecule has 138 valence electrons. The molecule has 0 aromatic rings. The minimum absolute atomic E-state index is 0.0315. The Labute approximate surface area is 139 Å². The van der Waals surface area contributed by atoms with Crippen molar-refractivity contribution in [3.05, 3.63) is 37.5 Å². The summed E-state index contributed by atoms with van der Waals surface area (Å²) >= 11 is 0. The van der Waals surface area contributed by atoms with Crippen molar-refractivity contribution >= 4 is 17.9 Å². The fourth-order valence-electron chi connectivity index (χ4n) is 1.14. The molecule has 0 spiro atoms. The van der Waals surface area contributed by atoms with E-state index in [-0.39, 0.29) is 31.8 Å². The van der Waals surface area contributed by atoms with Crippen LogP contribution in [0.25, 0.3) is 0 Å². The monoisotopic (exact) mass is 348 g/mol. The maximum atomic E-state index is 10.4. The molecule has 0 saturated carbocycles. The van der Waals surface area contributed by atoms with E-state index in [0.717, 1.165) is 12.2 Å². The lowest BCUT2D eigenvalue weighted by molar-refractivity contribution is -0.133. The summed E-state index contributed by atoms with van der Waals surface area (Å²) in [6, 6.07) is 0. The summed E-state index contributed by atoms with van der Waals surface area (Å²) in [5.74, 6) is -4.06. The average molecular weight is 348 g/mol. The van der Waals surface area contributed by atoms with Gasteiger partial charge >= 0.3 is 17.9 Å². The summed E-state index contributed by atoms with van der Waals surface area (Å²) in [7, 11) is 0. The van der Waals surface area contributed by atoms with Gasteiger partial charge in [0.1, 0.15) is 0 Å². The Morgan fingerprint density at radius 2 is 1.08 bits per heavy atom. The summed E-state index contributed by atoms with van der Waals surface area (Å²) in [5.41, 5.74) is -0.0315. The first-order chi connectivity index (χ1) is 11.1. The minimum Gasteiger partial charge on any atom is -0.478 e. The third kappa shape index (κ3) is 17.6. The Balaban J connectivity index is -0.000000361. The lowest BCUT2D eigenvalue weighted by atomic mass is 9.88. The van der Waals surface area contributed by atoms with Crippen LogP contribution < -0.4 is 0 Å². The van der Waals surface area contributed by atoms with E-state index < -0.39 is 29.7 Å². The highest BCUT2D eigenvalue weighted by atomic mass is 16.4. The van der Waals surface area contributed by atoms with Crippen molar-refractivity contribution in [2.24, 2.45) is 11.8 Å². The molecule has 0 aliphatic carbocycles. The summed E-state index contributed by atoms with van der Waals surface area (Å²) in [6.07, 6.45) is 1.73. The van der Waals surface area contributed by atoms with E-state index in [2.05, 4.69) is 19.7 Å². The van der Waals surface area contributed by atoms with E-state index in [1.165, 1.54) is 0 Å². The molecule has 0 aromatic heterocycles. The molecular formula is C15H24O9. The molecule has 0 rings (SSSR count).